The number of ketones is 2. The van der Waals surface area contributed by atoms with E-state index < -0.39 is 65.0 Å². The van der Waals surface area contributed by atoms with Gasteiger partial charge in [-0.3, -0.25) is 19.2 Å². The number of hydrogen-bond acceptors (Lipinski definition) is 8. The van der Waals surface area contributed by atoms with Crippen molar-refractivity contribution in [2.24, 2.45) is 17.8 Å². The number of amides is 3. The minimum absolute atomic E-state index is 0.0102. The maximum Gasteiger partial charge on any atom is 0.408 e. The fourth-order valence-corrected chi connectivity index (χ4v) is 5.84. The molecule has 0 aliphatic heterocycles. The number of aliphatic carboxylic acids is 1. The molecule has 0 bridgehead atoms. The summed E-state index contributed by atoms with van der Waals surface area (Å²) in [5, 5.41) is 18.2. The quantitative estimate of drug-likeness (QED) is 0.0997. The van der Waals surface area contributed by atoms with E-state index in [9.17, 15) is 33.9 Å². The van der Waals surface area contributed by atoms with Gasteiger partial charge in [0.05, 0.1) is 18.0 Å². The first-order valence-corrected chi connectivity index (χ1v) is 18.8. The van der Waals surface area contributed by atoms with E-state index in [2.05, 4.69) is 16.0 Å². The molecule has 0 fully saturated rings. The van der Waals surface area contributed by atoms with Crippen LogP contribution in [0.2, 0.25) is 0 Å². The Labute approximate surface area is 320 Å². The molecule has 2 aromatic carbocycles. The molecule has 54 heavy (non-hydrogen) atoms. The number of alkyl carbamates (subject to hydrolysis) is 2. The van der Waals surface area contributed by atoms with Gasteiger partial charge in [-0.15, -0.1) is 0 Å². The Morgan fingerprint density at radius 2 is 1.15 bits per heavy atom. The van der Waals surface area contributed by atoms with Gasteiger partial charge in [0.1, 0.15) is 11.2 Å². The monoisotopic (exact) mass is 751 g/mol. The summed E-state index contributed by atoms with van der Waals surface area (Å²) in [4.78, 5) is 78.8. The predicted molar refractivity (Wildman–Crippen MR) is 207 cm³/mol. The number of Topliss-reactive ketones (excluding diaryl/α,β-unsaturated/α-hetero) is 2. The Kier molecular flexibility index (Phi) is 18.4. The number of hydrogen-bond donors (Lipinski definition) is 4. The van der Waals surface area contributed by atoms with Gasteiger partial charge in [0, 0.05) is 25.3 Å². The summed E-state index contributed by atoms with van der Waals surface area (Å²) < 4.78 is 10.7. The molecule has 4 N–H and O–H groups in total. The molecule has 2 aromatic rings. The van der Waals surface area contributed by atoms with E-state index in [1.165, 1.54) is 0 Å². The molecule has 0 unspecified atom stereocenters. The third-order valence-electron chi connectivity index (χ3n) is 8.36. The van der Waals surface area contributed by atoms with Crippen molar-refractivity contribution in [1.82, 2.24) is 16.0 Å². The highest BCUT2D eigenvalue weighted by Gasteiger charge is 2.33. The first kappa shape index (κ1) is 45.4. The van der Waals surface area contributed by atoms with Crippen LogP contribution in [0.15, 0.2) is 60.7 Å². The maximum absolute atomic E-state index is 14.1. The third kappa shape index (κ3) is 18.8. The Bertz CT molecular complexity index is 1510. The Balaban J connectivity index is 2.23. The number of carbonyl (C=O) groups is 6. The summed E-state index contributed by atoms with van der Waals surface area (Å²) >= 11 is 0. The molecule has 4 atom stereocenters. The minimum Gasteiger partial charge on any atom is -0.481 e. The summed E-state index contributed by atoms with van der Waals surface area (Å²) in [7, 11) is 0. The Morgan fingerprint density at radius 3 is 1.67 bits per heavy atom. The Hall–Kier alpha value is -4.74. The lowest BCUT2D eigenvalue weighted by Crippen LogP contribution is -2.48. The molecule has 0 spiro atoms. The van der Waals surface area contributed by atoms with Crippen LogP contribution in [0, 0.1) is 17.8 Å². The largest absolute Gasteiger partial charge is 0.481 e. The van der Waals surface area contributed by atoms with Crippen molar-refractivity contribution >= 4 is 35.6 Å². The van der Waals surface area contributed by atoms with Crippen molar-refractivity contribution in [3.8, 4) is 0 Å². The van der Waals surface area contributed by atoms with E-state index in [0.717, 1.165) is 11.1 Å². The molecule has 0 aromatic heterocycles. The molecule has 298 valence electrons. The van der Waals surface area contributed by atoms with Crippen molar-refractivity contribution in [1.29, 1.82) is 0 Å². The van der Waals surface area contributed by atoms with Gasteiger partial charge < -0.3 is 30.5 Å². The second kappa shape index (κ2) is 21.8. The first-order chi connectivity index (χ1) is 25.2. The number of unbranched alkanes of at least 4 members (excludes halogenated alkanes) is 1. The van der Waals surface area contributed by atoms with Gasteiger partial charge in [-0.1, -0.05) is 80.9 Å². The molecular weight excluding hydrogens is 690 g/mol. The second-order valence-electron chi connectivity index (χ2n) is 16.3. The fourth-order valence-electron chi connectivity index (χ4n) is 5.84. The summed E-state index contributed by atoms with van der Waals surface area (Å²) in [6.07, 6.45) is -0.0248. The molecular formula is C42H61N3O9. The number of carboxylic acid groups (broad SMARTS) is 1. The van der Waals surface area contributed by atoms with Crippen LogP contribution in [-0.4, -0.2) is 70.6 Å². The average molecular weight is 752 g/mol. The van der Waals surface area contributed by atoms with E-state index in [0.29, 0.717) is 19.4 Å². The summed E-state index contributed by atoms with van der Waals surface area (Å²) in [5.41, 5.74) is 0.188. The lowest BCUT2D eigenvalue weighted by Gasteiger charge is -2.26. The molecule has 0 heterocycles. The van der Waals surface area contributed by atoms with E-state index >= 15 is 0 Å². The highest BCUT2D eigenvalue weighted by Crippen LogP contribution is 2.21. The van der Waals surface area contributed by atoms with Crippen LogP contribution >= 0.6 is 0 Å². The Morgan fingerprint density at radius 1 is 0.648 bits per heavy atom. The van der Waals surface area contributed by atoms with Crippen molar-refractivity contribution in [3.63, 3.8) is 0 Å². The molecule has 2 rings (SSSR count). The van der Waals surface area contributed by atoms with Crippen LogP contribution in [-0.2, 0) is 41.5 Å². The molecule has 0 aliphatic rings. The second-order valence-corrected chi connectivity index (χ2v) is 16.3. The number of carboxylic acids is 1. The maximum atomic E-state index is 14.1. The number of nitrogens with one attached hydrogen (secondary N) is 3. The standard InChI is InChI=1S/C42H61N3O9/c1-28(2)23-33(35(46)26-31(38(49)50)21-15-16-22-43-39(51)53-41(3,4)5)44-37(48)32(24-29-17-11-9-12-18-29)27-36(47)34(25-30-19-13-10-14-20-30)45-40(52)54-42(6,7)8/h9-14,17-20,28,31-34H,15-16,21-27H2,1-8H3,(H,43,51)(H,44,48)(H,45,52)(H,49,50)/t31-,32-,33+,34+/m0/s1. The minimum atomic E-state index is -1.12. The van der Waals surface area contributed by atoms with Gasteiger partial charge in [-0.05, 0) is 90.7 Å². The summed E-state index contributed by atoms with van der Waals surface area (Å²) in [6.45, 7) is 14.5. The zero-order valence-electron chi connectivity index (χ0n) is 33.2. The number of ether oxygens (including phenoxy) is 2. The van der Waals surface area contributed by atoms with Crippen LogP contribution in [0.5, 0.6) is 0 Å². The average Bonchev–Trinajstić information content (AvgIpc) is 3.05. The van der Waals surface area contributed by atoms with Gasteiger partial charge in [0.25, 0.3) is 0 Å². The summed E-state index contributed by atoms with van der Waals surface area (Å²) in [6, 6.07) is 16.5. The zero-order chi connectivity index (χ0) is 40.5. The highest BCUT2D eigenvalue weighted by molar-refractivity contribution is 5.95. The van der Waals surface area contributed by atoms with Crippen LogP contribution < -0.4 is 16.0 Å². The molecule has 0 radical (unpaired) electrons. The molecule has 12 nitrogen and oxygen atoms in total. The van der Waals surface area contributed by atoms with Crippen molar-refractivity contribution in [3.05, 3.63) is 71.8 Å². The van der Waals surface area contributed by atoms with E-state index in [1.807, 2.05) is 74.5 Å². The van der Waals surface area contributed by atoms with Gasteiger partial charge in [0.15, 0.2) is 11.6 Å². The van der Waals surface area contributed by atoms with Crippen molar-refractivity contribution < 1.29 is 43.3 Å². The first-order valence-electron chi connectivity index (χ1n) is 18.8. The highest BCUT2D eigenvalue weighted by atomic mass is 16.6. The van der Waals surface area contributed by atoms with Gasteiger partial charge in [-0.2, -0.15) is 0 Å². The number of benzene rings is 2. The van der Waals surface area contributed by atoms with Crippen LogP contribution in [0.25, 0.3) is 0 Å². The van der Waals surface area contributed by atoms with E-state index in [4.69, 9.17) is 9.47 Å². The third-order valence-corrected chi connectivity index (χ3v) is 8.36. The van der Waals surface area contributed by atoms with Gasteiger partial charge in [-0.25, -0.2) is 9.59 Å². The van der Waals surface area contributed by atoms with Crippen LogP contribution in [0.3, 0.4) is 0 Å². The smallest absolute Gasteiger partial charge is 0.408 e. The topological polar surface area (TPSA) is 177 Å². The molecule has 0 aliphatic carbocycles. The molecule has 0 saturated carbocycles. The molecule has 3 amide bonds. The van der Waals surface area contributed by atoms with Crippen LogP contribution in [0.4, 0.5) is 9.59 Å². The predicted octanol–water partition coefficient (Wildman–Crippen LogP) is 6.83. The number of carbonyl (C=O) groups excluding carboxylic acids is 5. The molecule has 0 saturated heterocycles. The van der Waals surface area contributed by atoms with Crippen molar-refractivity contribution in [2.45, 2.75) is 130 Å². The van der Waals surface area contributed by atoms with Gasteiger partial charge in [0.2, 0.25) is 5.91 Å². The lowest BCUT2D eigenvalue weighted by atomic mass is 9.88. The molecule has 12 heteroatoms. The van der Waals surface area contributed by atoms with E-state index in [-0.39, 0.29) is 50.2 Å². The van der Waals surface area contributed by atoms with E-state index in [1.54, 1.807) is 41.5 Å². The van der Waals surface area contributed by atoms with Gasteiger partial charge >= 0.3 is 18.2 Å². The van der Waals surface area contributed by atoms with Crippen LogP contribution in [0.1, 0.15) is 105 Å². The summed E-state index contributed by atoms with van der Waals surface area (Å²) in [5.74, 6) is -4.30. The number of rotatable bonds is 21. The fraction of sp³-hybridized carbons (Fsp3) is 0.571. The zero-order valence-corrected chi connectivity index (χ0v) is 33.2. The normalized spacial score (nSPS) is 13.9. The van der Waals surface area contributed by atoms with Crippen molar-refractivity contribution in [2.75, 3.05) is 6.54 Å². The SMILES string of the molecule is CC(C)C[C@@H](NC(=O)[C@H](CC(=O)[C@@H](Cc1ccccc1)NC(=O)OC(C)(C)C)Cc1ccccc1)C(=O)C[C@H](CCCCNC(=O)OC(C)(C)C)C(=O)O. The lowest BCUT2D eigenvalue weighted by molar-refractivity contribution is -0.144.